The van der Waals surface area contributed by atoms with Crippen LogP contribution in [-0.4, -0.2) is 15.7 Å². The smallest absolute Gasteiger partial charge is 0.261 e. The zero-order chi connectivity index (χ0) is 15.9. The SMILES string of the molecule is Cn1nc(NC(=O)c2c(F)cccc2Cl)c2c(F)cccc21. The molecule has 112 valence electrons. The molecule has 0 aliphatic carbocycles. The van der Waals surface area contributed by atoms with Crippen LogP contribution >= 0.6 is 11.6 Å². The quantitative estimate of drug-likeness (QED) is 0.781. The molecule has 4 nitrogen and oxygen atoms in total. The van der Waals surface area contributed by atoms with Crippen molar-refractivity contribution in [2.75, 3.05) is 5.32 Å². The van der Waals surface area contributed by atoms with E-state index < -0.39 is 17.5 Å². The maximum Gasteiger partial charge on any atom is 0.261 e. The number of halogens is 3. The Morgan fingerprint density at radius 2 is 1.86 bits per heavy atom. The van der Waals surface area contributed by atoms with E-state index in [0.717, 1.165) is 6.07 Å². The number of hydrogen-bond acceptors (Lipinski definition) is 2. The Bertz CT molecular complexity index is 872. The fourth-order valence-electron chi connectivity index (χ4n) is 2.24. The highest BCUT2D eigenvalue weighted by Gasteiger charge is 2.20. The first kappa shape index (κ1) is 14.5. The van der Waals surface area contributed by atoms with Gasteiger partial charge in [0.2, 0.25) is 0 Å². The molecule has 0 bridgehead atoms. The minimum atomic E-state index is -0.786. The van der Waals surface area contributed by atoms with Gasteiger partial charge in [-0.3, -0.25) is 9.48 Å². The highest BCUT2D eigenvalue weighted by atomic mass is 35.5. The molecule has 0 aliphatic rings. The molecular formula is C15H10ClF2N3O. The van der Waals surface area contributed by atoms with Gasteiger partial charge < -0.3 is 5.32 Å². The Morgan fingerprint density at radius 1 is 1.18 bits per heavy atom. The van der Waals surface area contributed by atoms with Crippen molar-refractivity contribution in [3.8, 4) is 0 Å². The molecule has 0 fully saturated rings. The summed E-state index contributed by atoms with van der Waals surface area (Å²) < 4.78 is 29.2. The first-order valence-corrected chi connectivity index (χ1v) is 6.73. The lowest BCUT2D eigenvalue weighted by molar-refractivity contribution is 0.102. The molecule has 7 heteroatoms. The third-order valence-electron chi connectivity index (χ3n) is 3.25. The van der Waals surface area contributed by atoms with Crippen molar-refractivity contribution < 1.29 is 13.6 Å². The summed E-state index contributed by atoms with van der Waals surface area (Å²) in [6.45, 7) is 0. The van der Waals surface area contributed by atoms with E-state index in [1.54, 1.807) is 19.2 Å². The molecule has 1 heterocycles. The molecule has 0 unspecified atom stereocenters. The molecule has 0 atom stereocenters. The number of carbonyl (C=O) groups is 1. The number of hydrogen-bond donors (Lipinski definition) is 1. The van der Waals surface area contributed by atoms with Crippen LogP contribution < -0.4 is 5.32 Å². The summed E-state index contributed by atoms with van der Waals surface area (Å²) in [4.78, 5) is 12.2. The van der Waals surface area contributed by atoms with Gasteiger partial charge >= 0.3 is 0 Å². The molecule has 0 saturated carbocycles. The minimum absolute atomic E-state index is 0.0138. The largest absolute Gasteiger partial charge is 0.304 e. The van der Waals surface area contributed by atoms with E-state index in [1.807, 2.05) is 0 Å². The van der Waals surface area contributed by atoms with E-state index in [1.165, 1.54) is 22.9 Å². The maximum atomic E-state index is 14.0. The van der Waals surface area contributed by atoms with Gasteiger partial charge in [-0.05, 0) is 24.3 Å². The zero-order valence-corrected chi connectivity index (χ0v) is 12.2. The fraction of sp³-hybridized carbons (Fsp3) is 0.0667. The number of nitrogens with one attached hydrogen (secondary N) is 1. The summed E-state index contributed by atoms with van der Waals surface area (Å²) >= 11 is 5.84. The third kappa shape index (κ3) is 2.31. The highest BCUT2D eigenvalue weighted by molar-refractivity contribution is 6.34. The second-order valence-corrected chi connectivity index (χ2v) is 5.06. The van der Waals surface area contributed by atoms with E-state index in [0.29, 0.717) is 5.52 Å². The van der Waals surface area contributed by atoms with Gasteiger partial charge in [-0.15, -0.1) is 0 Å². The number of amides is 1. The number of benzene rings is 2. The highest BCUT2D eigenvalue weighted by Crippen LogP contribution is 2.27. The Labute approximate surface area is 129 Å². The molecular weight excluding hydrogens is 312 g/mol. The molecule has 2 aromatic carbocycles. The molecule has 0 spiro atoms. The third-order valence-corrected chi connectivity index (χ3v) is 3.56. The molecule has 3 rings (SSSR count). The molecule has 0 aliphatic heterocycles. The average Bonchev–Trinajstić information content (AvgIpc) is 2.76. The lowest BCUT2D eigenvalue weighted by Crippen LogP contribution is -2.15. The van der Waals surface area contributed by atoms with Crippen molar-refractivity contribution in [3.63, 3.8) is 0 Å². The Hall–Kier alpha value is -2.47. The topological polar surface area (TPSA) is 46.9 Å². The summed E-state index contributed by atoms with van der Waals surface area (Å²) in [7, 11) is 1.62. The second kappa shape index (κ2) is 5.38. The predicted molar refractivity (Wildman–Crippen MR) is 80.0 cm³/mol. The van der Waals surface area contributed by atoms with Crippen LogP contribution in [0.15, 0.2) is 36.4 Å². The Morgan fingerprint density at radius 3 is 2.59 bits per heavy atom. The first-order chi connectivity index (χ1) is 10.5. The average molecular weight is 322 g/mol. The summed E-state index contributed by atoms with van der Waals surface area (Å²) in [5.74, 6) is -2.06. The van der Waals surface area contributed by atoms with Crippen molar-refractivity contribution >= 4 is 34.2 Å². The van der Waals surface area contributed by atoms with Crippen LogP contribution in [0, 0.1) is 11.6 Å². The number of carbonyl (C=O) groups excluding carboxylic acids is 1. The Kier molecular flexibility index (Phi) is 3.54. The van der Waals surface area contributed by atoms with Crippen LogP contribution in [-0.2, 0) is 7.05 Å². The van der Waals surface area contributed by atoms with E-state index in [-0.39, 0.29) is 21.8 Å². The molecule has 1 aromatic heterocycles. The zero-order valence-electron chi connectivity index (χ0n) is 11.4. The molecule has 1 N–H and O–H groups in total. The summed E-state index contributed by atoms with van der Waals surface area (Å²) in [5.41, 5.74) is 0.203. The van der Waals surface area contributed by atoms with Crippen LogP contribution in [0.25, 0.3) is 10.9 Å². The number of aryl methyl sites for hydroxylation is 1. The van der Waals surface area contributed by atoms with Crippen molar-refractivity contribution in [3.05, 3.63) is 58.6 Å². The van der Waals surface area contributed by atoms with Crippen LogP contribution in [0.4, 0.5) is 14.6 Å². The van der Waals surface area contributed by atoms with Gasteiger partial charge in [-0.1, -0.05) is 23.7 Å². The van der Waals surface area contributed by atoms with Gasteiger partial charge in [-0.25, -0.2) is 8.78 Å². The van der Waals surface area contributed by atoms with Crippen molar-refractivity contribution in [2.45, 2.75) is 0 Å². The van der Waals surface area contributed by atoms with E-state index in [9.17, 15) is 13.6 Å². The van der Waals surface area contributed by atoms with Crippen LogP contribution in [0.2, 0.25) is 5.02 Å². The van der Waals surface area contributed by atoms with E-state index >= 15 is 0 Å². The van der Waals surface area contributed by atoms with Crippen LogP contribution in [0.1, 0.15) is 10.4 Å². The minimum Gasteiger partial charge on any atom is -0.304 e. The Balaban J connectivity index is 2.06. The second-order valence-electron chi connectivity index (χ2n) is 4.66. The van der Waals surface area contributed by atoms with Gasteiger partial charge in [0.25, 0.3) is 5.91 Å². The van der Waals surface area contributed by atoms with Crippen molar-refractivity contribution in [1.82, 2.24) is 9.78 Å². The van der Waals surface area contributed by atoms with Crippen LogP contribution in [0.3, 0.4) is 0 Å². The summed E-state index contributed by atoms with van der Waals surface area (Å²) in [6.07, 6.45) is 0. The maximum absolute atomic E-state index is 14.0. The standard InChI is InChI=1S/C15H10ClF2N3O/c1-21-11-7-3-6-10(18)13(11)14(20-21)19-15(22)12-8(16)4-2-5-9(12)17/h2-7H,1H3,(H,19,20,22). The monoisotopic (exact) mass is 321 g/mol. The first-order valence-electron chi connectivity index (χ1n) is 6.35. The molecule has 1 amide bonds. The van der Waals surface area contributed by atoms with Crippen molar-refractivity contribution in [2.24, 2.45) is 7.05 Å². The number of anilines is 1. The number of aromatic nitrogens is 2. The molecule has 0 saturated heterocycles. The van der Waals surface area contributed by atoms with Crippen molar-refractivity contribution in [1.29, 1.82) is 0 Å². The molecule has 3 aromatic rings. The van der Waals surface area contributed by atoms with Gasteiger partial charge in [0.15, 0.2) is 5.82 Å². The molecule has 0 radical (unpaired) electrons. The van der Waals surface area contributed by atoms with Crippen LogP contribution in [0.5, 0.6) is 0 Å². The number of rotatable bonds is 2. The lowest BCUT2D eigenvalue weighted by Gasteiger charge is -2.06. The van der Waals surface area contributed by atoms with E-state index in [2.05, 4.69) is 10.4 Å². The van der Waals surface area contributed by atoms with Gasteiger partial charge in [0, 0.05) is 7.05 Å². The fourth-order valence-corrected chi connectivity index (χ4v) is 2.49. The predicted octanol–water partition coefficient (Wildman–Crippen LogP) is 3.76. The molecule has 22 heavy (non-hydrogen) atoms. The van der Waals surface area contributed by atoms with Gasteiger partial charge in [-0.2, -0.15) is 5.10 Å². The normalized spacial score (nSPS) is 10.9. The lowest BCUT2D eigenvalue weighted by atomic mass is 10.2. The van der Waals surface area contributed by atoms with Gasteiger partial charge in [0.05, 0.1) is 21.5 Å². The summed E-state index contributed by atoms with van der Waals surface area (Å²) in [5, 5.41) is 6.59. The number of nitrogens with zero attached hydrogens (tertiary/aromatic N) is 2. The van der Waals surface area contributed by atoms with E-state index in [4.69, 9.17) is 11.6 Å². The number of fused-ring (bicyclic) bond motifs is 1. The summed E-state index contributed by atoms with van der Waals surface area (Å²) in [6, 6.07) is 8.38. The van der Waals surface area contributed by atoms with Gasteiger partial charge in [0.1, 0.15) is 11.6 Å².